The second kappa shape index (κ2) is 7.13. The summed E-state index contributed by atoms with van der Waals surface area (Å²) in [5.74, 6) is 4.73. The average Bonchev–Trinajstić information content (AvgIpc) is 3.06. The molecule has 0 aromatic heterocycles. The van der Waals surface area contributed by atoms with Gasteiger partial charge in [-0.3, -0.25) is 4.21 Å². The van der Waals surface area contributed by atoms with Crippen LogP contribution < -0.4 is 4.72 Å². The van der Waals surface area contributed by atoms with Crippen molar-refractivity contribution >= 4 is 11.3 Å². The van der Waals surface area contributed by atoms with E-state index in [2.05, 4.69) is 34.7 Å². The zero-order valence-corrected chi connectivity index (χ0v) is 19.0. The van der Waals surface area contributed by atoms with E-state index in [0.717, 1.165) is 35.2 Å². The van der Waals surface area contributed by atoms with E-state index in [1.54, 1.807) is 19.3 Å². The molecule has 3 atom stereocenters. The molecule has 4 bridgehead atoms. The second-order valence-electron chi connectivity index (χ2n) is 11.7. The van der Waals surface area contributed by atoms with Crippen LogP contribution >= 0.6 is 0 Å². The number of likely N-dealkylation sites (tertiary alicyclic amines) is 1. The Hall–Kier alpha value is -0.750. The summed E-state index contributed by atoms with van der Waals surface area (Å²) in [6.45, 7) is 6.62. The number of hydrogen-bond donors (Lipinski definition) is 1. The third-order valence-electron chi connectivity index (χ3n) is 9.89. The summed E-state index contributed by atoms with van der Waals surface area (Å²) < 4.78 is 24.1. The van der Waals surface area contributed by atoms with Crippen LogP contribution in [0.15, 0.2) is 24.3 Å². The lowest BCUT2D eigenvalue weighted by Crippen LogP contribution is -2.47. The van der Waals surface area contributed by atoms with Crippen LogP contribution in [-0.4, -0.2) is 33.3 Å². The van der Waals surface area contributed by atoms with Gasteiger partial charge >= 0.3 is 0 Å². The standard InChI is InChI=1S/C25H36N2O2S/c1-24(21-4-2-3-17(10-21)14-26-30(28)29)22-15-27(16-23(22)24)6-5-25-11-18-7-19(12-25)9-20(8-18)13-25/h2-4,10,18-20,22-23,26H,5-9,11-16H2,1H3,(H,28,29)/p-1. The number of fused-ring (bicyclic) bond motifs is 1. The molecular formula is C25H35N2O2S-. The van der Waals surface area contributed by atoms with Crippen molar-refractivity contribution in [2.24, 2.45) is 35.0 Å². The molecule has 5 saturated carbocycles. The summed E-state index contributed by atoms with van der Waals surface area (Å²) in [6.07, 6.45) is 10.7. The van der Waals surface area contributed by atoms with Crippen LogP contribution in [0.1, 0.15) is 63.0 Å². The molecular weight excluding hydrogens is 392 g/mol. The minimum absolute atomic E-state index is 0.282. The summed E-state index contributed by atoms with van der Waals surface area (Å²) in [5, 5.41) is 0. The van der Waals surface area contributed by atoms with E-state index < -0.39 is 11.3 Å². The molecule has 30 heavy (non-hydrogen) atoms. The summed E-state index contributed by atoms with van der Waals surface area (Å²) in [5.41, 5.74) is 3.44. The molecule has 6 aliphatic rings. The molecule has 1 aromatic carbocycles. The molecule has 0 spiro atoms. The van der Waals surface area contributed by atoms with Crippen LogP contribution in [0.4, 0.5) is 0 Å². The van der Waals surface area contributed by atoms with Crippen molar-refractivity contribution in [3.05, 3.63) is 35.4 Å². The molecule has 164 valence electrons. The van der Waals surface area contributed by atoms with Crippen LogP contribution in [0, 0.1) is 35.0 Å². The molecule has 0 radical (unpaired) electrons. The van der Waals surface area contributed by atoms with Crippen molar-refractivity contribution in [1.82, 2.24) is 9.62 Å². The lowest BCUT2D eigenvalue weighted by atomic mass is 9.49. The Balaban J connectivity index is 1.06. The van der Waals surface area contributed by atoms with Gasteiger partial charge in [-0.25, -0.2) is 4.72 Å². The molecule has 1 aliphatic heterocycles. The molecule has 1 saturated heterocycles. The highest BCUT2D eigenvalue weighted by Gasteiger charge is 2.65. The molecule has 5 heteroatoms. The number of nitrogens with one attached hydrogen (secondary N) is 1. The van der Waals surface area contributed by atoms with Gasteiger partial charge in [0.2, 0.25) is 0 Å². The van der Waals surface area contributed by atoms with Crippen LogP contribution in [-0.2, 0) is 23.2 Å². The number of hydrogen-bond acceptors (Lipinski definition) is 3. The van der Waals surface area contributed by atoms with Crippen molar-refractivity contribution in [3.8, 4) is 0 Å². The lowest BCUT2D eigenvalue weighted by molar-refractivity contribution is -0.0607. The summed E-state index contributed by atoms with van der Waals surface area (Å²) in [6, 6.07) is 8.57. The SMILES string of the molecule is CC1(c2cccc(CNS(=O)[O-])c2)C2CN(CCC34CC5CC(CC(C5)C3)C4)CC21. The molecule has 4 nitrogen and oxygen atoms in total. The van der Waals surface area contributed by atoms with Crippen LogP contribution in [0.2, 0.25) is 0 Å². The van der Waals surface area contributed by atoms with E-state index in [4.69, 9.17) is 0 Å². The number of nitrogens with zero attached hydrogens (tertiary/aromatic N) is 1. The Morgan fingerprint density at radius 2 is 1.73 bits per heavy atom. The first-order valence-corrected chi connectivity index (χ1v) is 13.2. The first-order chi connectivity index (χ1) is 14.4. The fourth-order valence-electron chi connectivity index (χ4n) is 8.72. The van der Waals surface area contributed by atoms with Gasteiger partial charge in [0.05, 0.1) is 0 Å². The van der Waals surface area contributed by atoms with Crippen molar-refractivity contribution in [3.63, 3.8) is 0 Å². The molecule has 3 unspecified atom stereocenters. The second-order valence-corrected chi connectivity index (χ2v) is 12.4. The Morgan fingerprint density at radius 3 is 2.33 bits per heavy atom. The first-order valence-electron chi connectivity index (χ1n) is 12.1. The Morgan fingerprint density at radius 1 is 1.10 bits per heavy atom. The minimum atomic E-state index is -2.20. The Kier molecular flexibility index (Phi) is 4.73. The minimum Gasteiger partial charge on any atom is -0.760 e. The summed E-state index contributed by atoms with van der Waals surface area (Å²) >= 11 is -2.20. The maximum absolute atomic E-state index is 10.8. The third-order valence-corrected chi connectivity index (χ3v) is 10.3. The van der Waals surface area contributed by atoms with Crippen molar-refractivity contribution in [1.29, 1.82) is 0 Å². The predicted octanol–water partition coefficient (Wildman–Crippen LogP) is 4.00. The fraction of sp³-hybridized carbons (Fsp3) is 0.760. The van der Waals surface area contributed by atoms with Gasteiger partial charge in [0.15, 0.2) is 0 Å². The highest BCUT2D eigenvalue weighted by Crippen LogP contribution is 2.64. The van der Waals surface area contributed by atoms with Gasteiger partial charge in [0.1, 0.15) is 0 Å². The van der Waals surface area contributed by atoms with Gasteiger partial charge in [-0.2, -0.15) is 0 Å². The fourth-order valence-corrected chi connectivity index (χ4v) is 9.01. The molecule has 6 fully saturated rings. The molecule has 1 N–H and O–H groups in total. The normalized spacial score (nSPS) is 44.9. The average molecular weight is 428 g/mol. The summed E-state index contributed by atoms with van der Waals surface area (Å²) in [7, 11) is 0. The molecule has 5 aliphatic carbocycles. The van der Waals surface area contributed by atoms with Gasteiger partial charge in [0, 0.05) is 36.3 Å². The van der Waals surface area contributed by atoms with Crippen molar-refractivity contribution < 1.29 is 8.76 Å². The highest BCUT2D eigenvalue weighted by atomic mass is 32.2. The van der Waals surface area contributed by atoms with E-state index >= 15 is 0 Å². The van der Waals surface area contributed by atoms with E-state index in [1.165, 1.54) is 50.9 Å². The van der Waals surface area contributed by atoms with Gasteiger partial charge < -0.3 is 9.45 Å². The maximum Gasteiger partial charge on any atom is 0.0322 e. The highest BCUT2D eigenvalue weighted by molar-refractivity contribution is 7.77. The number of piperidine rings is 1. The van der Waals surface area contributed by atoms with E-state index in [-0.39, 0.29) is 5.41 Å². The predicted molar refractivity (Wildman–Crippen MR) is 118 cm³/mol. The quantitative estimate of drug-likeness (QED) is 0.669. The monoisotopic (exact) mass is 427 g/mol. The topological polar surface area (TPSA) is 55.4 Å². The number of rotatable bonds is 7. The van der Waals surface area contributed by atoms with Crippen LogP contribution in [0.25, 0.3) is 0 Å². The smallest absolute Gasteiger partial charge is 0.0322 e. The van der Waals surface area contributed by atoms with Gasteiger partial charge in [0.25, 0.3) is 0 Å². The molecule has 1 heterocycles. The van der Waals surface area contributed by atoms with E-state index in [0.29, 0.717) is 12.0 Å². The largest absolute Gasteiger partial charge is 0.760 e. The zero-order valence-electron chi connectivity index (χ0n) is 18.1. The van der Waals surface area contributed by atoms with Gasteiger partial charge in [-0.15, -0.1) is 0 Å². The van der Waals surface area contributed by atoms with Crippen LogP contribution in [0.3, 0.4) is 0 Å². The van der Waals surface area contributed by atoms with Crippen molar-refractivity contribution in [2.75, 3.05) is 19.6 Å². The van der Waals surface area contributed by atoms with E-state index in [9.17, 15) is 8.76 Å². The van der Waals surface area contributed by atoms with Crippen LogP contribution in [0.5, 0.6) is 0 Å². The summed E-state index contributed by atoms with van der Waals surface area (Å²) in [4.78, 5) is 2.77. The first kappa shape index (κ1) is 19.9. The Labute approximate surface area is 183 Å². The Bertz CT molecular complexity index is 808. The number of benzene rings is 1. The third kappa shape index (κ3) is 3.32. The molecule has 0 amide bonds. The molecule has 7 rings (SSSR count). The van der Waals surface area contributed by atoms with Crippen molar-refractivity contribution in [2.45, 2.75) is 63.8 Å². The molecule has 1 aromatic rings. The van der Waals surface area contributed by atoms with E-state index in [1.807, 2.05) is 6.07 Å². The van der Waals surface area contributed by atoms with Gasteiger partial charge in [-0.05, 0) is 97.6 Å². The maximum atomic E-state index is 10.8. The van der Waals surface area contributed by atoms with Gasteiger partial charge in [-0.1, -0.05) is 31.2 Å². The lowest BCUT2D eigenvalue weighted by Gasteiger charge is -2.57. The zero-order chi connectivity index (χ0) is 20.5.